The van der Waals surface area contributed by atoms with E-state index in [9.17, 15) is 14.7 Å². The molecule has 2 aromatic carbocycles. The van der Waals surface area contributed by atoms with Gasteiger partial charge in [0.05, 0.1) is 23.6 Å². The van der Waals surface area contributed by atoms with E-state index >= 15 is 0 Å². The molecule has 28 heavy (non-hydrogen) atoms. The Balaban J connectivity index is 1.52. The van der Waals surface area contributed by atoms with Crippen LogP contribution in [0.25, 0.3) is 22.1 Å². The zero-order valence-corrected chi connectivity index (χ0v) is 15.3. The smallest absolute Gasteiger partial charge is 0.260 e. The van der Waals surface area contributed by atoms with Gasteiger partial charge in [-0.15, -0.1) is 0 Å². The first-order chi connectivity index (χ1) is 13.7. The fourth-order valence-corrected chi connectivity index (χ4v) is 3.60. The summed E-state index contributed by atoms with van der Waals surface area (Å²) in [6.45, 7) is 0.493. The third kappa shape index (κ3) is 3.51. The van der Waals surface area contributed by atoms with Crippen LogP contribution < -0.4 is 10.2 Å². The van der Waals surface area contributed by atoms with Crippen LogP contribution in [0.1, 0.15) is 12.8 Å². The highest BCUT2D eigenvalue weighted by molar-refractivity contribution is 5.83. The summed E-state index contributed by atoms with van der Waals surface area (Å²) in [5, 5.41) is 9.80. The fraction of sp³-hybridized carbons (Fsp3) is 0.273. The lowest BCUT2D eigenvalue weighted by Crippen LogP contribution is -2.40. The van der Waals surface area contributed by atoms with E-state index in [1.54, 1.807) is 23.1 Å². The van der Waals surface area contributed by atoms with Crippen molar-refractivity contribution in [3.05, 3.63) is 65.0 Å². The Labute approximate surface area is 162 Å². The molecule has 0 aliphatic carbocycles. The average molecular weight is 379 g/mol. The van der Waals surface area contributed by atoms with Crippen LogP contribution >= 0.6 is 0 Å². The molecule has 1 atom stereocenters. The summed E-state index contributed by atoms with van der Waals surface area (Å²) in [6, 6.07) is 14.2. The van der Waals surface area contributed by atoms with Crippen LogP contribution in [0.2, 0.25) is 0 Å². The second-order valence-electron chi connectivity index (χ2n) is 6.86. The topological polar surface area (TPSA) is 80.0 Å². The molecule has 0 spiro atoms. The first-order valence-corrected chi connectivity index (χ1v) is 9.31. The number of ether oxygens (including phenoxy) is 1. The molecule has 1 saturated heterocycles. The van der Waals surface area contributed by atoms with Crippen molar-refractivity contribution < 1.29 is 19.1 Å². The minimum atomic E-state index is -0.155. The number of hydrogen-bond acceptors (Lipinski definition) is 5. The average Bonchev–Trinajstić information content (AvgIpc) is 3.22. The van der Waals surface area contributed by atoms with Gasteiger partial charge in [0.25, 0.3) is 5.91 Å². The Morgan fingerprint density at radius 2 is 2.04 bits per heavy atom. The summed E-state index contributed by atoms with van der Waals surface area (Å²) in [4.78, 5) is 26.7. The van der Waals surface area contributed by atoms with Crippen LogP contribution in [-0.4, -0.2) is 41.7 Å². The van der Waals surface area contributed by atoms with Crippen LogP contribution in [0.4, 0.5) is 0 Å². The molecule has 6 nitrogen and oxygen atoms in total. The highest BCUT2D eigenvalue weighted by Gasteiger charge is 2.28. The van der Waals surface area contributed by atoms with E-state index in [2.05, 4.69) is 0 Å². The highest BCUT2D eigenvalue weighted by Crippen LogP contribution is 2.23. The summed E-state index contributed by atoms with van der Waals surface area (Å²) in [5.74, 6) is 0.300. The molecule has 3 aromatic rings. The van der Waals surface area contributed by atoms with Crippen LogP contribution in [0.5, 0.6) is 5.75 Å². The zero-order valence-electron chi connectivity index (χ0n) is 15.3. The third-order valence-corrected chi connectivity index (χ3v) is 5.10. The number of likely N-dealkylation sites (tertiary alicyclic amines) is 1. The largest absolute Gasteiger partial charge is 0.484 e. The number of aliphatic hydroxyl groups is 1. The lowest BCUT2D eigenvalue weighted by molar-refractivity contribution is -0.134. The molecular weight excluding hydrogens is 358 g/mol. The Morgan fingerprint density at radius 1 is 1.21 bits per heavy atom. The number of benzene rings is 2. The lowest BCUT2D eigenvalue weighted by Gasteiger charge is -2.22. The maximum Gasteiger partial charge on any atom is 0.260 e. The van der Waals surface area contributed by atoms with E-state index in [4.69, 9.17) is 9.15 Å². The van der Waals surface area contributed by atoms with E-state index in [0.29, 0.717) is 28.8 Å². The second-order valence-corrected chi connectivity index (χ2v) is 6.86. The van der Waals surface area contributed by atoms with Crippen molar-refractivity contribution in [2.24, 2.45) is 0 Å². The zero-order chi connectivity index (χ0) is 19.5. The molecule has 1 aromatic heterocycles. The van der Waals surface area contributed by atoms with Crippen molar-refractivity contribution in [2.45, 2.75) is 18.9 Å². The van der Waals surface area contributed by atoms with E-state index in [0.717, 1.165) is 18.4 Å². The molecule has 6 heteroatoms. The third-order valence-electron chi connectivity index (χ3n) is 5.10. The molecule has 1 amide bonds. The van der Waals surface area contributed by atoms with E-state index in [-0.39, 0.29) is 30.6 Å². The quantitative estimate of drug-likeness (QED) is 0.737. The maximum absolute atomic E-state index is 12.8. The molecular formula is C22H21NO5. The number of rotatable bonds is 5. The molecule has 144 valence electrons. The monoisotopic (exact) mass is 379 g/mol. The minimum absolute atomic E-state index is 0.0311. The molecule has 2 heterocycles. The number of carbonyl (C=O) groups is 1. The molecule has 0 radical (unpaired) electrons. The van der Waals surface area contributed by atoms with Gasteiger partial charge in [-0.05, 0) is 30.5 Å². The standard InChI is InChI=1S/C22H21NO5/c24-12-16-7-4-10-23(16)21(25)14-27-17-8-9-18-20(11-17)28-13-19(22(18)26)15-5-2-1-3-6-15/h1-3,5-6,8-9,11,13,16,24H,4,7,10,12,14H2. The van der Waals surface area contributed by atoms with E-state index < -0.39 is 0 Å². The molecule has 1 aliphatic heterocycles. The van der Waals surface area contributed by atoms with E-state index in [1.165, 1.54) is 6.26 Å². The van der Waals surface area contributed by atoms with E-state index in [1.807, 2.05) is 30.3 Å². The van der Waals surface area contributed by atoms with Gasteiger partial charge >= 0.3 is 0 Å². The predicted octanol–water partition coefficient (Wildman–Crippen LogP) is 2.82. The summed E-state index contributed by atoms with van der Waals surface area (Å²) < 4.78 is 11.3. The van der Waals surface area contributed by atoms with Crippen molar-refractivity contribution in [1.29, 1.82) is 0 Å². The minimum Gasteiger partial charge on any atom is -0.484 e. The second kappa shape index (κ2) is 7.86. The van der Waals surface area contributed by atoms with Crippen molar-refractivity contribution in [3.8, 4) is 16.9 Å². The Hall–Kier alpha value is -3.12. The summed E-state index contributed by atoms with van der Waals surface area (Å²) in [5.41, 5.74) is 1.59. The molecule has 1 aliphatic rings. The van der Waals surface area contributed by atoms with Crippen molar-refractivity contribution in [1.82, 2.24) is 4.90 Å². The molecule has 1 fully saturated rings. The SMILES string of the molecule is O=C(COc1ccc2c(=O)c(-c3ccccc3)coc2c1)N1CCCC1CO. The van der Waals surface area contributed by atoms with Gasteiger partial charge in [0.15, 0.2) is 12.0 Å². The first-order valence-electron chi connectivity index (χ1n) is 9.31. The lowest BCUT2D eigenvalue weighted by atomic mass is 10.1. The molecule has 4 rings (SSSR count). The number of aliphatic hydroxyl groups excluding tert-OH is 1. The van der Waals surface area contributed by atoms with Crippen molar-refractivity contribution in [3.63, 3.8) is 0 Å². The Morgan fingerprint density at radius 3 is 2.82 bits per heavy atom. The molecule has 1 unspecified atom stereocenters. The number of hydrogen-bond donors (Lipinski definition) is 1. The van der Waals surface area contributed by atoms with Gasteiger partial charge in [0.1, 0.15) is 17.6 Å². The van der Waals surface area contributed by atoms with Crippen LogP contribution in [-0.2, 0) is 4.79 Å². The number of fused-ring (bicyclic) bond motifs is 1. The van der Waals surface area contributed by atoms with Crippen LogP contribution in [0.15, 0.2) is 64.0 Å². The van der Waals surface area contributed by atoms with Crippen LogP contribution in [0, 0.1) is 0 Å². The first kappa shape index (κ1) is 18.3. The van der Waals surface area contributed by atoms with Gasteiger partial charge in [0.2, 0.25) is 0 Å². The molecule has 0 bridgehead atoms. The van der Waals surface area contributed by atoms with Gasteiger partial charge in [-0.25, -0.2) is 0 Å². The predicted molar refractivity (Wildman–Crippen MR) is 105 cm³/mol. The van der Waals surface area contributed by atoms with Crippen molar-refractivity contribution >= 4 is 16.9 Å². The number of carbonyl (C=O) groups excluding carboxylic acids is 1. The highest BCUT2D eigenvalue weighted by atomic mass is 16.5. The van der Waals surface area contributed by atoms with Gasteiger partial charge < -0.3 is 19.2 Å². The normalized spacial score (nSPS) is 16.5. The summed E-state index contributed by atoms with van der Waals surface area (Å²) in [6.07, 6.45) is 3.15. The maximum atomic E-state index is 12.8. The fourth-order valence-electron chi connectivity index (χ4n) is 3.60. The molecule has 0 saturated carbocycles. The van der Waals surface area contributed by atoms with Gasteiger partial charge in [-0.2, -0.15) is 0 Å². The van der Waals surface area contributed by atoms with Gasteiger partial charge in [-0.3, -0.25) is 9.59 Å². The Bertz CT molecular complexity index is 1040. The number of amides is 1. The van der Waals surface area contributed by atoms with Gasteiger partial charge in [-0.1, -0.05) is 30.3 Å². The Kier molecular flexibility index (Phi) is 5.12. The number of nitrogens with zero attached hydrogens (tertiary/aromatic N) is 1. The molecule has 1 N–H and O–H groups in total. The summed E-state index contributed by atoms with van der Waals surface area (Å²) in [7, 11) is 0. The van der Waals surface area contributed by atoms with Crippen LogP contribution in [0.3, 0.4) is 0 Å². The summed E-state index contributed by atoms with van der Waals surface area (Å²) >= 11 is 0. The van der Waals surface area contributed by atoms with Crippen molar-refractivity contribution in [2.75, 3.05) is 19.8 Å². The van der Waals surface area contributed by atoms with Gasteiger partial charge in [0, 0.05) is 12.6 Å².